The monoisotopic (exact) mass is 277 g/mol. The summed E-state index contributed by atoms with van der Waals surface area (Å²) in [6, 6.07) is 5.01. The van der Waals surface area contributed by atoms with Gasteiger partial charge in [-0.05, 0) is 17.4 Å². The molecular formula is C14H19N3O3. The van der Waals surface area contributed by atoms with E-state index in [1.807, 2.05) is 0 Å². The summed E-state index contributed by atoms with van der Waals surface area (Å²) in [4.78, 5) is 14.6. The molecule has 1 aromatic carbocycles. The van der Waals surface area contributed by atoms with Crippen molar-refractivity contribution in [3.63, 3.8) is 0 Å². The van der Waals surface area contributed by atoms with Crippen LogP contribution in [-0.2, 0) is 0 Å². The minimum atomic E-state index is -0.452. The van der Waals surface area contributed by atoms with E-state index in [4.69, 9.17) is 4.42 Å². The molecule has 20 heavy (non-hydrogen) atoms. The normalized spacial score (nSPS) is 13.4. The summed E-state index contributed by atoms with van der Waals surface area (Å²) < 4.78 is 5.50. The van der Waals surface area contributed by atoms with Gasteiger partial charge in [-0.1, -0.05) is 33.8 Å². The third kappa shape index (κ3) is 2.89. The van der Waals surface area contributed by atoms with Crippen LogP contribution in [-0.4, -0.2) is 16.5 Å². The molecule has 1 unspecified atom stereocenters. The fourth-order valence-electron chi connectivity index (χ4n) is 1.70. The maximum atomic E-state index is 10.9. The molecule has 0 saturated heterocycles. The standard InChI is InChI=1S/C14H19N3O3/c1-9(14(2,3)4)8-15-13-16-12-10(17(18)19)6-5-7-11(12)20-13/h5-7,9H,8H2,1-4H3,(H,15,16). The minimum absolute atomic E-state index is 0.0387. The van der Waals surface area contributed by atoms with Gasteiger partial charge in [0, 0.05) is 12.6 Å². The minimum Gasteiger partial charge on any atom is -0.423 e. The zero-order chi connectivity index (χ0) is 14.9. The Hall–Kier alpha value is -2.11. The summed E-state index contributed by atoms with van der Waals surface area (Å²) >= 11 is 0. The molecule has 1 N–H and O–H groups in total. The fourth-order valence-corrected chi connectivity index (χ4v) is 1.70. The van der Waals surface area contributed by atoms with Gasteiger partial charge < -0.3 is 9.73 Å². The van der Waals surface area contributed by atoms with Crippen molar-refractivity contribution in [3.05, 3.63) is 28.3 Å². The maximum Gasteiger partial charge on any atom is 0.298 e. The van der Waals surface area contributed by atoms with E-state index in [0.717, 1.165) is 0 Å². The number of nitro benzene ring substituents is 1. The molecule has 6 nitrogen and oxygen atoms in total. The molecule has 6 heteroatoms. The molecule has 0 radical (unpaired) electrons. The Labute approximate surface area is 117 Å². The van der Waals surface area contributed by atoms with Gasteiger partial charge >= 0.3 is 0 Å². The van der Waals surface area contributed by atoms with Crippen LogP contribution in [0.1, 0.15) is 27.7 Å². The number of nitrogens with zero attached hydrogens (tertiary/aromatic N) is 2. The van der Waals surface area contributed by atoms with Crippen molar-refractivity contribution >= 4 is 22.8 Å². The highest BCUT2D eigenvalue weighted by Gasteiger charge is 2.21. The Morgan fingerprint density at radius 3 is 2.75 bits per heavy atom. The van der Waals surface area contributed by atoms with E-state index in [9.17, 15) is 10.1 Å². The summed E-state index contributed by atoms with van der Waals surface area (Å²) in [7, 11) is 0. The van der Waals surface area contributed by atoms with Gasteiger partial charge in [-0.15, -0.1) is 0 Å². The number of fused-ring (bicyclic) bond motifs is 1. The highest BCUT2D eigenvalue weighted by atomic mass is 16.6. The van der Waals surface area contributed by atoms with E-state index < -0.39 is 4.92 Å². The average molecular weight is 277 g/mol. The van der Waals surface area contributed by atoms with Gasteiger partial charge in [0.15, 0.2) is 11.1 Å². The molecule has 0 spiro atoms. The quantitative estimate of drug-likeness (QED) is 0.678. The fraction of sp³-hybridized carbons (Fsp3) is 0.500. The van der Waals surface area contributed by atoms with E-state index in [-0.39, 0.29) is 16.6 Å². The first-order valence-electron chi connectivity index (χ1n) is 6.57. The van der Waals surface area contributed by atoms with Crippen LogP contribution in [0.3, 0.4) is 0 Å². The lowest BCUT2D eigenvalue weighted by molar-refractivity contribution is -0.383. The topological polar surface area (TPSA) is 81.2 Å². The first-order chi connectivity index (χ1) is 9.29. The number of nitro groups is 1. The van der Waals surface area contributed by atoms with Gasteiger partial charge in [0.25, 0.3) is 11.7 Å². The number of rotatable bonds is 4. The number of anilines is 1. The van der Waals surface area contributed by atoms with Crippen molar-refractivity contribution in [1.82, 2.24) is 4.98 Å². The van der Waals surface area contributed by atoms with Crippen LogP contribution < -0.4 is 5.32 Å². The number of benzene rings is 1. The smallest absolute Gasteiger partial charge is 0.298 e. The molecule has 2 rings (SSSR count). The molecule has 108 valence electrons. The summed E-state index contributed by atoms with van der Waals surface area (Å²) in [6.45, 7) is 9.32. The lowest BCUT2D eigenvalue weighted by atomic mass is 9.82. The van der Waals surface area contributed by atoms with Crippen molar-refractivity contribution in [2.75, 3.05) is 11.9 Å². The second kappa shape index (κ2) is 5.11. The summed E-state index contributed by atoms with van der Waals surface area (Å²) in [5.74, 6) is 0.410. The van der Waals surface area contributed by atoms with Gasteiger partial charge in [-0.2, -0.15) is 4.98 Å². The van der Waals surface area contributed by atoms with Crippen molar-refractivity contribution in [2.45, 2.75) is 27.7 Å². The highest BCUT2D eigenvalue weighted by Crippen LogP contribution is 2.29. The SMILES string of the molecule is CC(CNc1nc2c([N+](=O)[O-])cccc2o1)C(C)(C)C. The number of para-hydroxylation sites is 1. The van der Waals surface area contributed by atoms with Gasteiger partial charge in [0.05, 0.1) is 4.92 Å². The molecule has 0 amide bonds. The third-order valence-corrected chi connectivity index (χ3v) is 3.63. The molecule has 0 aliphatic rings. The molecule has 0 aliphatic carbocycles. The molecule has 0 aliphatic heterocycles. The zero-order valence-corrected chi connectivity index (χ0v) is 12.1. The maximum absolute atomic E-state index is 10.9. The second-order valence-corrected chi connectivity index (χ2v) is 6.05. The Balaban J connectivity index is 2.21. The molecule has 0 saturated carbocycles. The summed E-state index contributed by atoms with van der Waals surface area (Å²) in [5.41, 5.74) is 0.835. The first-order valence-corrected chi connectivity index (χ1v) is 6.57. The van der Waals surface area contributed by atoms with Crippen molar-refractivity contribution in [1.29, 1.82) is 0 Å². The Kier molecular flexibility index (Phi) is 3.65. The molecular weight excluding hydrogens is 258 g/mol. The van der Waals surface area contributed by atoms with E-state index in [2.05, 4.69) is 38.0 Å². The van der Waals surface area contributed by atoms with E-state index in [1.54, 1.807) is 12.1 Å². The lowest BCUT2D eigenvalue weighted by Gasteiger charge is -2.26. The number of aromatic nitrogens is 1. The van der Waals surface area contributed by atoms with Crippen LogP contribution in [0.5, 0.6) is 0 Å². The Morgan fingerprint density at radius 2 is 2.15 bits per heavy atom. The largest absolute Gasteiger partial charge is 0.423 e. The van der Waals surface area contributed by atoms with Crippen molar-refractivity contribution in [3.8, 4) is 0 Å². The predicted molar refractivity (Wildman–Crippen MR) is 77.8 cm³/mol. The number of oxazole rings is 1. The van der Waals surface area contributed by atoms with Crippen LogP contribution in [0.15, 0.2) is 22.6 Å². The number of hydrogen-bond acceptors (Lipinski definition) is 5. The van der Waals surface area contributed by atoms with E-state index in [0.29, 0.717) is 24.1 Å². The van der Waals surface area contributed by atoms with Crippen LogP contribution >= 0.6 is 0 Å². The summed E-state index contributed by atoms with van der Waals surface area (Å²) in [5, 5.41) is 14.0. The molecule has 1 aromatic heterocycles. The third-order valence-electron chi connectivity index (χ3n) is 3.63. The summed E-state index contributed by atoms with van der Waals surface area (Å²) in [6.07, 6.45) is 0. The molecule has 1 heterocycles. The van der Waals surface area contributed by atoms with Crippen molar-refractivity contribution in [2.24, 2.45) is 11.3 Å². The number of hydrogen-bond donors (Lipinski definition) is 1. The zero-order valence-electron chi connectivity index (χ0n) is 12.1. The average Bonchev–Trinajstić information content (AvgIpc) is 2.76. The van der Waals surface area contributed by atoms with E-state index in [1.165, 1.54) is 6.07 Å². The highest BCUT2D eigenvalue weighted by molar-refractivity contribution is 5.83. The van der Waals surface area contributed by atoms with Crippen LogP contribution in [0.4, 0.5) is 11.7 Å². The van der Waals surface area contributed by atoms with Crippen LogP contribution in [0.25, 0.3) is 11.1 Å². The molecule has 2 aromatic rings. The predicted octanol–water partition coefficient (Wildman–Crippen LogP) is 3.83. The van der Waals surface area contributed by atoms with E-state index >= 15 is 0 Å². The molecule has 1 atom stereocenters. The number of non-ortho nitro benzene ring substituents is 1. The lowest BCUT2D eigenvalue weighted by Crippen LogP contribution is -2.24. The van der Waals surface area contributed by atoms with Crippen LogP contribution in [0.2, 0.25) is 0 Å². The Bertz CT molecular complexity index is 628. The first kappa shape index (κ1) is 14.3. The second-order valence-electron chi connectivity index (χ2n) is 6.05. The van der Waals surface area contributed by atoms with Crippen molar-refractivity contribution < 1.29 is 9.34 Å². The molecule has 0 fully saturated rings. The van der Waals surface area contributed by atoms with Gasteiger partial charge in [0.2, 0.25) is 0 Å². The van der Waals surface area contributed by atoms with Gasteiger partial charge in [-0.3, -0.25) is 10.1 Å². The molecule has 0 bridgehead atoms. The van der Waals surface area contributed by atoms with Gasteiger partial charge in [0.1, 0.15) is 0 Å². The van der Waals surface area contributed by atoms with Crippen LogP contribution in [0, 0.1) is 21.4 Å². The number of nitrogens with one attached hydrogen (secondary N) is 1. The Morgan fingerprint density at radius 1 is 1.45 bits per heavy atom. The van der Waals surface area contributed by atoms with Gasteiger partial charge in [-0.25, -0.2) is 0 Å².